The third-order valence-electron chi connectivity index (χ3n) is 4.50. The van der Waals surface area contributed by atoms with E-state index in [1.54, 1.807) is 0 Å². The fourth-order valence-electron chi connectivity index (χ4n) is 3.14. The fraction of sp³-hybridized carbons (Fsp3) is 0.647. The van der Waals surface area contributed by atoms with Crippen LogP contribution in [-0.2, 0) is 0 Å². The maximum absolute atomic E-state index is 3.79. The van der Waals surface area contributed by atoms with Gasteiger partial charge in [0.2, 0.25) is 0 Å². The third-order valence-corrected chi connectivity index (χ3v) is 4.50. The van der Waals surface area contributed by atoms with Gasteiger partial charge in [-0.05, 0) is 50.0 Å². The van der Waals surface area contributed by atoms with Crippen LogP contribution in [0.5, 0.6) is 0 Å². The van der Waals surface area contributed by atoms with Gasteiger partial charge in [0.1, 0.15) is 0 Å². The predicted octanol–water partition coefficient (Wildman–Crippen LogP) is 4.55. The standard InChI is InChI=1S/C17H27N/c1-13(2)15-9-11-17(12-10-15)18-14(3)16-7-5-4-6-8-16/h4-8,13-15,17-18H,9-12H2,1-3H3/t14-,15?,17?/m0/s1. The Hall–Kier alpha value is -0.820. The van der Waals surface area contributed by atoms with Gasteiger partial charge in [-0.15, -0.1) is 0 Å². The molecule has 0 heterocycles. The minimum Gasteiger partial charge on any atom is -0.307 e. The van der Waals surface area contributed by atoms with E-state index >= 15 is 0 Å². The van der Waals surface area contributed by atoms with Gasteiger partial charge >= 0.3 is 0 Å². The molecule has 1 saturated carbocycles. The summed E-state index contributed by atoms with van der Waals surface area (Å²) in [6.45, 7) is 7.01. The van der Waals surface area contributed by atoms with Crippen molar-refractivity contribution >= 4 is 0 Å². The van der Waals surface area contributed by atoms with Gasteiger partial charge in [0.15, 0.2) is 0 Å². The van der Waals surface area contributed by atoms with E-state index in [-0.39, 0.29) is 0 Å². The van der Waals surface area contributed by atoms with Crippen molar-refractivity contribution in [3.63, 3.8) is 0 Å². The van der Waals surface area contributed by atoms with E-state index in [2.05, 4.69) is 56.4 Å². The highest BCUT2D eigenvalue weighted by atomic mass is 14.9. The van der Waals surface area contributed by atoms with Gasteiger partial charge in [-0.1, -0.05) is 44.2 Å². The smallest absolute Gasteiger partial charge is 0.0294 e. The molecule has 1 heteroatoms. The Labute approximate surface area is 112 Å². The lowest BCUT2D eigenvalue weighted by molar-refractivity contribution is 0.231. The van der Waals surface area contributed by atoms with Crippen LogP contribution in [0.2, 0.25) is 0 Å². The quantitative estimate of drug-likeness (QED) is 0.820. The van der Waals surface area contributed by atoms with Gasteiger partial charge < -0.3 is 5.32 Å². The number of nitrogens with one attached hydrogen (secondary N) is 1. The monoisotopic (exact) mass is 245 g/mol. The summed E-state index contributed by atoms with van der Waals surface area (Å²) < 4.78 is 0. The molecule has 1 aromatic rings. The van der Waals surface area contributed by atoms with Crippen LogP contribution in [0.25, 0.3) is 0 Å². The van der Waals surface area contributed by atoms with Crippen molar-refractivity contribution in [1.29, 1.82) is 0 Å². The summed E-state index contributed by atoms with van der Waals surface area (Å²) in [6, 6.07) is 12.0. The molecule has 0 spiro atoms. The molecule has 0 unspecified atom stereocenters. The summed E-state index contributed by atoms with van der Waals surface area (Å²) in [5, 5.41) is 3.79. The molecule has 1 N–H and O–H groups in total. The van der Waals surface area contributed by atoms with Crippen LogP contribution in [0.15, 0.2) is 30.3 Å². The van der Waals surface area contributed by atoms with Crippen molar-refractivity contribution in [2.45, 2.75) is 58.5 Å². The molecule has 1 nitrogen and oxygen atoms in total. The molecule has 1 atom stereocenters. The van der Waals surface area contributed by atoms with Crippen molar-refractivity contribution in [1.82, 2.24) is 5.32 Å². The van der Waals surface area contributed by atoms with Crippen molar-refractivity contribution in [2.24, 2.45) is 11.8 Å². The van der Waals surface area contributed by atoms with Crippen molar-refractivity contribution in [3.05, 3.63) is 35.9 Å². The van der Waals surface area contributed by atoms with Gasteiger partial charge in [-0.3, -0.25) is 0 Å². The molecule has 0 aliphatic heterocycles. The van der Waals surface area contributed by atoms with Crippen LogP contribution in [0.3, 0.4) is 0 Å². The molecule has 1 aromatic carbocycles. The SMILES string of the molecule is CC(C)C1CCC(N[C@@H](C)c2ccccc2)CC1. The highest BCUT2D eigenvalue weighted by Crippen LogP contribution is 2.30. The molecule has 100 valence electrons. The number of hydrogen-bond acceptors (Lipinski definition) is 1. The normalized spacial score (nSPS) is 26.2. The fourth-order valence-corrected chi connectivity index (χ4v) is 3.14. The summed E-state index contributed by atoms with van der Waals surface area (Å²) in [7, 11) is 0. The first-order valence-corrected chi connectivity index (χ1v) is 7.48. The average molecular weight is 245 g/mol. The van der Waals surface area contributed by atoms with Gasteiger partial charge in [-0.2, -0.15) is 0 Å². The molecule has 0 aromatic heterocycles. The Morgan fingerprint density at radius 3 is 2.11 bits per heavy atom. The van der Waals surface area contributed by atoms with Crippen LogP contribution in [-0.4, -0.2) is 6.04 Å². The number of rotatable bonds is 4. The molecule has 0 radical (unpaired) electrons. The molecule has 0 amide bonds. The molecule has 1 aliphatic carbocycles. The Bertz CT molecular complexity index is 336. The van der Waals surface area contributed by atoms with Crippen LogP contribution in [0.4, 0.5) is 0 Å². The van der Waals surface area contributed by atoms with Crippen molar-refractivity contribution in [2.75, 3.05) is 0 Å². The van der Waals surface area contributed by atoms with Crippen LogP contribution in [0, 0.1) is 11.8 Å². The largest absolute Gasteiger partial charge is 0.307 e. The maximum Gasteiger partial charge on any atom is 0.0294 e. The molecule has 1 aliphatic rings. The summed E-state index contributed by atoms with van der Waals surface area (Å²) in [4.78, 5) is 0. The summed E-state index contributed by atoms with van der Waals surface area (Å²) in [5.74, 6) is 1.81. The van der Waals surface area contributed by atoms with Crippen LogP contribution >= 0.6 is 0 Å². The lowest BCUT2D eigenvalue weighted by Crippen LogP contribution is -2.35. The van der Waals surface area contributed by atoms with E-state index in [4.69, 9.17) is 0 Å². The van der Waals surface area contributed by atoms with Gasteiger partial charge in [0.25, 0.3) is 0 Å². The second-order valence-corrected chi connectivity index (χ2v) is 6.15. The van der Waals surface area contributed by atoms with E-state index in [1.807, 2.05) is 0 Å². The molecule has 0 bridgehead atoms. The summed E-state index contributed by atoms with van der Waals surface area (Å²) in [6.07, 6.45) is 5.49. The third kappa shape index (κ3) is 3.58. The highest BCUT2D eigenvalue weighted by Gasteiger charge is 2.23. The molecular weight excluding hydrogens is 218 g/mol. The van der Waals surface area contributed by atoms with Crippen LogP contribution in [0.1, 0.15) is 58.1 Å². The first kappa shape index (κ1) is 13.6. The minimum absolute atomic E-state index is 0.479. The van der Waals surface area contributed by atoms with E-state index in [0.29, 0.717) is 6.04 Å². The Morgan fingerprint density at radius 1 is 0.944 bits per heavy atom. The highest BCUT2D eigenvalue weighted by molar-refractivity contribution is 5.18. The Morgan fingerprint density at radius 2 is 1.56 bits per heavy atom. The van der Waals surface area contributed by atoms with Gasteiger partial charge in [0, 0.05) is 12.1 Å². The molecule has 1 fully saturated rings. The molecule has 0 saturated heterocycles. The first-order chi connectivity index (χ1) is 8.66. The molecular formula is C17H27N. The van der Waals surface area contributed by atoms with Gasteiger partial charge in [-0.25, -0.2) is 0 Å². The first-order valence-electron chi connectivity index (χ1n) is 7.48. The second-order valence-electron chi connectivity index (χ2n) is 6.15. The van der Waals surface area contributed by atoms with E-state index in [1.165, 1.54) is 31.2 Å². The maximum atomic E-state index is 3.79. The van der Waals surface area contributed by atoms with E-state index in [9.17, 15) is 0 Å². The summed E-state index contributed by atoms with van der Waals surface area (Å²) >= 11 is 0. The van der Waals surface area contributed by atoms with E-state index in [0.717, 1.165) is 17.9 Å². The van der Waals surface area contributed by atoms with Crippen molar-refractivity contribution < 1.29 is 0 Å². The van der Waals surface area contributed by atoms with Crippen LogP contribution < -0.4 is 5.32 Å². The predicted molar refractivity (Wildman–Crippen MR) is 78.6 cm³/mol. The zero-order chi connectivity index (χ0) is 13.0. The summed E-state index contributed by atoms with van der Waals surface area (Å²) in [5.41, 5.74) is 1.41. The van der Waals surface area contributed by atoms with Gasteiger partial charge in [0.05, 0.1) is 0 Å². The number of hydrogen-bond donors (Lipinski definition) is 1. The Balaban J connectivity index is 1.81. The van der Waals surface area contributed by atoms with Crippen molar-refractivity contribution in [3.8, 4) is 0 Å². The molecule has 18 heavy (non-hydrogen) atoms. The zero-order valence-electron chi connectivity index (χ0n) is 12.0. The Kier molecular flexibility index (Phi) is 4.82. The lowest BCUT2D eigenvalue weighted by atomic mass is 9.79. The average Bonchev–Trinajstić information content (AvgIpc) is 2.40. The molecule has 2 rings (SSSR count). The number of benzene rings is 1. The lowest BCUT2D eigenvalue weighted by Gasteiger charge is -2.33. The second kappa shape index (κ2) is 6.38. The van der Waals surface area contributed by atoms with E-state index < -0.39 is 0 Å². The minimum atomic E-state index is 0.479. The zero-order valence-corrected chi connectivity index (χ0v) is 12.0. The topological polar surface area (TPSA) is 12.0 Å².